The maximum Gasteiger partial charge on any atom is 0.469 e. The molecule has 2 amide bonds. The zero-order chi connectivity index (χ0) is 19.3. The molecule has 0 aliphatic heterocycles. The Morgan fingerprint density at radius 3 is 1.84 bits per heavy atom. The van der Waals surface area contributed by atoms with E-state index in [1.54, 1.807) is 0 Å². The molecule has 0 aromatic heterocycles. The van der Waals surface area contributed by atoms with Crippen LogP contribution < -0.4 is 11.0 Å². The van der Waals surface area contributed by atoms with Crippen molar-refractivity contribution < 1.29 is 38.9 Å². The Morgan fingerprint density at radius 1 is 0.920 bits per heavy atom. The van der Waals surface area contributed by atoms with Gasteiger partial charge in [0, 0.05) is 0 Å². The Bertz CT molecular complexity index is 438. The molecule has 0 aliphatic carbocycles. The molecule has 0 spiro atoms. The number of phosphoric ester groups is 1. The molecule has 0 aromatic carbocycles. The number of carbonyl (C=O) groups excluding carboxylic acids is 2. The fourth-order valence-corrected chi connectivity index (χ4v) is 2.95. The summed E-state index contributed by atoms with van der Waals surface area (Å²) in [7, 11) is -4.76. The number of rotatable bonds is 14. The predicted molar refractivity (Wildman–Crippen MR) is 87.5 cm³/mol. The molecule has 11 heteroatoms. The van der Waals surface area contributed by atoms with Gasteiger partial charge in [0.25, 0.3) is 11.8 Å². The minimum absolute atomic E-state index is 0.00984. The summed E-state index contributed by atoms with van der Waals surface area (Å²) < 4.78 is 15.0. The van der Waals surface area contributed by atoms with Crippen LogP contribution in [0.15, 0.2) is 0 Å². The Balaban J connectivity index is 4.82. The molecule has 25 heavy (non-hydrogen) atoms. The largest absolute Gasteiger partial charge is 0.469 e. The van der Waals surface area contributed by atoms with Gasteiger partial charge in [0.15, 0.2) is 0 Å². The van der Waals surface area contributed by atoms with Crippen LogP contribution in [0.1, 0.15) is 64.7 Å². The molecule has 0 heterocycles. The third kappa shape index (κ3) is 9.29. The summed E-state index contributed by atoms with van der Waals surface area (Å²) in [6.45, 7) is 1.51. The van der Waals surface area contributed by atoms with Crippen molar-refractivity contribution in [3.05, 3.63) is 0 Å². The number of hydrogen-bond acceptors (Lipinski definition) is 6. The highest BCUT2D eigenvalue weighted by atomic mass is 31.2. The van der Waals surface area contributed by atoms with Crippen molar-refractivity contribution >= 4 is 19.6 Å². The van der Waals surface area contributed by atoms with Crippen LogP contribution in [0.25, 0.3) is 0 Å². The first kappa shape index (κ1) is 24.0. The molecule has 0 atom stereocenters. The molecule has 6 N–H and O–H groups in total. The zero-order valence-corrected chi connectivity index (χ0v) is 15.3. The summed E-state index contributed by atoms with van der Waals surface area (Å²) >= 11 is 0. The van der Waals surface area contributed by atoms with Gasteiger partial charge in [-0.1, -0.05) is 51.9 Å². The number of nitrogens with one attached hydrogen (secondary N) is 2. The van der Waals surface area contributed by atoms with Crippen molar-refractivity contribution in [1.29, 1.82) is 0 Å². The molecule has 10 nitrogen and oxygen atoms in total. The van der Waals surface area contributed by atoms with Crippen molar-refractivity contribution in [2.24, 2.45) is 5.41 Å². The summed E-state index contributed by atoms with van der Waals surface area (Å²) in [5, 5.41) is 17.8. The maximum absolute atomic E-state index is 12.0. The minimum Gasteiger partial charge on any atom is -0.303 e. The van der Waals surface area contributed by atoms with Gasteiger partial charge in [0.1, 0.15) is 5.41 Å². The van der Waals surface area contributed by atoms with Gasteiger partial charge in [-0.2, -0.15) is 0 Å². The molecule has 0 aliphatic rings. The normalized spacial score (nSPS) is 12.0. The van der Waals surface area contributed by atoms with Crippen LogP contribution in [-0.2, 0) is 18.7 Å². The molecule has 0 radical (unpaired) electrons. The SMILES string of the molecule is CCCCCCCCCC(CCOP(=O)(O)O)(C(=O)NO)C(=O)NO. The summed E-state index contributed by atoms with van der Waals surface area (Å²) in [5.41, 5.74) is 0.867. The first-order valence-corrected chi connectivity index (χ1v) is 9.85. The van der Waals surface area contributed by atoms with Crippen LogP contribution in [0.5, 0.6) is 0 Å². The second-order valence-corrected chi connectivity index (χ2v) is 7.15. The van der Waals surface area contributed by atoms with Gasteiger partial charge in [0.05, 0.1) is 6.61 Å². The standard InChI is InChI=1S/C14H29N2O8P/c1-2-3-4-5-6-7-8-9-14(12(17)15-19,13(18)16-20)10-11-24-25(21,22)23/h19-20H,2-11H2,1H3,(H,15,17)(H,16,18)(H2,21,22,23). The molecule has 0 bridgehead atoms. The predicted octanol–water partition coefficient (Wildman–Crippen LogP) is 1.62. The van der Waals surface area contributed by atoms with E-state index in [0.29, 0.717) is 6.42 Å². The van der Waals surface area contributed by atoms with Crippen molar-refractivity contribution in [3.63, 3.8) is 0 Å². The second-order valence-electron chi connectivity index (χ2n) is 5.91. The summed E-state index contributed by atoms with van der Waals surface area (Å²) in [5.74, 6) is -2.14. The molecule has 148 valence electrons. The molecule has 0 aromatic rings. The molecule has 0 fully saturated rings. The minimum atomic E-state index is -4.76. The molecule has 0 saturated carbocycles. The number of hydrogen-bond donors (Lipinski definition) is 6. The lowest BCUT2D eigenvalue weighted by atomic mass is 9.78. The molecular formula is C14H29N2O8P. The van der Waals surface area contributed by atoms with Gasteiger partial charge < -0.3 is 9.79 Å². The fourth-order valence-electron chi connectivity index (χ4n) is 2.62. The average Bonchev–Trinajstić information content (AvgIpc) is 2.56. The lowest BCUT2D eigenvalue weighted by Crippen LogP contribution is -2.50. The van der Waals surface area contributed by atoms with Crippen molar-refractivity contribution in [2.75, 3.05) is 6.61 Å². The quantitative estimate of drug-likeness (QED) is 0.0864. The number of carbonyl (C=O) groups is 2. The van der Waals surface area contributed by atoms with E-state index in [2.05, 4.69) is 11.4 Å². The van der Waals surface area contributed by atoms with E-state index >= 15 is 0 Å². The monoisotopic (exact) mass is 384 g/mol. The Kier molecular flexibility index (Phi) is 11.8. The Morgan fingerprint density at radius 2 is 1.40 bits per heavy atom. The van der Waals surface area contributed by atoms with Gasteiger partial charge in [0.2, 0.25) is 0 Å². The summed E-state index contributed by atoms with van der Waals surface area (Å²) in [6, 6.07) is 0. The van der Waals surface area contributed by atoms with Crippen LogP contribution in [0.3, 0.4) is 0 Å². The van der Waals surface area contributed by atoms with Gasteiger partial charge in [-0.3, -0.25) is 24.5 Å². The van der Waals surface area contributed by atoms with Crippen molar-refractivity contribution in [1.82, 2.24) is 11.0 Å². The van der Waals surface area contributed by atoms with Gasteiger partial charge >= 0.3 is 7.82 Å². The maximum atomic E-state index is 12.0. The van der Waals surface area contributed by atoms with E-state index < -0.39 is 38.1 Å². The highest BCUT2D eigenvalue weighted by Gasteiger charge is 2.45. The van der Waals surface area contributed by atoms with Gasteiger partial charge in [-0.15, -0.1) is 0 Å². The highest BCUT2D eigenvalue weighted by Crippen LogP contribution is 2.38. The number of phosphoric acid groups is 1. The zero-order valence-electron chi connectivity index (χ0n) is 14.4. The van der Waals surface area contributed by atoms with Crippen LogP contribution in [0.2, 0.25) is 0 Å². The number of unbranched alkanes of at least 4 members (excludes halogenated alkanes) is 6. The number of hydroxylamine groups is 2. The lowest BCUT2D eigenvalue weighted by molar-refractivity contribution is -0.155. The first-order valence-electron chi connectivity index (χ1n) is 8.32. The van der Waals surface area contributed by atoms with Crippen LogP contribution in [0, 0.1) is 5.41 Å². The molecule has 0 rings (SSSR count). The molecular weight excluding hydrogens is 355 g/mol. The van der Waals surface area contributed by atoms with E-state index in [4.69, 9.17) is 20.2 Å². The smallest absolute Gasteiger partial charge is 0.303 e. The van der Waals surface area contributed by atoms with Crippen LogP contribution >= 0.6 is 7.82 Å². The molecule has 0 saturated heterocycles. The third-order valence-corrected chi connectivity index (χ3v) is 4.59. The van der Waals surface area contributed by atoms with E-state index in [1.807, 2.05) is 0 Å². The summed E-state index contributed by atoms with van der Waals surface area (Å²) in [6.07, 6.45) is 6.09. The fraction of sp³-hybridized carbons (Fsp3) is 0.857. The van der Waals surface area contributed by atoms with Gasteiger partial charge in [-0.05, 0) is 12.8 Å². The highest BCUT2D eigenvalue weighted by molar-refractivity contribution is 7.46. The Labute approximate surface area is 147 Å². The van der Waals surface area contributed by atoms with Crippen LogP contribution in [0.4, 0.5) is 0 Å². The Hall–Kier alpha value is -1.03. The number of amides is 2. The summed E-state index contributed by atoms with van der Waals surface area (Å²) in [4.78, 5) is 41.4. The van der Waals surface area contributed by atoms with E-state index in [0.717, 1.165) is 38.5 Å². The second kappa shape index (κ2) is 12.3. The first-order chi connectivity index (χ1) is 11.7. The van der Waals surface area contributed by atoms with E-state index in [1.165, 1.54) is 11.0 Å². The van der Waals surface area contributed by atoms with E-state index in [9.17, 15) is 14.2 Å². The van der Waals surface area contributed by atoms with Crippen molar-refractivity contribution in [2.45, 2.75) is 64.7 Å². The third-order valence-electron chi connectivity index (χ3n) is 4.07. The van der Waals surface area contributed by atoms with Crippen molar-refractivity contribution in [3.8, 4) is 0 Å². The average molecular weight is 384 g/mol. The van der Waals surface area contributed by atoms with Crippen LogP contribution in [-0.4, -0.2) is 38.6 Å². The molecule has 0 unspecified atom stereocenters. The van der Waals surface area contributed by atoms with Gasteiger partial charge in [-0.25, -0.2) is 15.5 Å². The lowest BCUT2D eigenvalue weighted by Gasteiger charge is -2.29. The van der Waals surface area contributed by atoms with E-state index in [-0.39, 0.29) is 6.42 Å². The topological polar surface area (TPSA) is 165 Å².